The van der Waals surface area contributed by atoms with Crippen molar-refractivity contribution in [2.45, 2.75) is 12.8 Å². The predicted molar refractivity (Wildman–Crippen MR) is 80.1 cm³/mol. The first-order valence-electron chi connectivity index (χ1n) is 6.39. The molecule has 20 heavy (non-hydrogen) atoms. The highest BCUT2D eigenvalue weighted by atomic mass is 32.2. The van der Waals surface area contributed by atoms with Gasteiger partial charge in [0.15, 0.2) is 0 Å². The molecule has 1 aromatic carbocycles. The fourth-order valence-corrected chi connectivity index (χ4v) is 2.89. The highest BCUT2D eigenvalue weighted by Gasteiger charge is 2.14. The summed E-state index contributed by atoms with van der Waals surface area (Å²) in [4.78, 5) is 0. The van der Waals surface area contributed by atoms with Crippen molar-refractivity contribution in [3.8, 4) is 11.5 Å². The van der Waals surface area contributed by atoms with Gasteiger partial charge in [0.05, 0.1) is 25.7 Å². The zero-order valence-corrected chi connectivity index (χ0v) is 12.9. The number of hydrogen-bond acceptors (Lipinski definition) is 5. The molecule has 0 aliphatic heterocycles. The van der Waals surface area contributed by atoms with E-state index in [1.807, 2.05) is 7.05 Å². The van der Waals surface area contributed by atoms with E-state index >= 15 is 0 Å². The number of anilines is 1. The Morgan fingerprint density at radius 1 is 1.15 bits per heavy atom. The summed E-state index contributed by atoms with van der Waals surface area (Å²) < 4.78 is 36.8. The van der Waals surface area contributed by atoms with Crippen LogP contribution >= 0.6 is 0 Å². The van der Waals surface area contributed by atoms with E-state index in [1.165, 1.54) is 14.2 Å². The van der Waals surface area contributed by atoms with Crippen LogP contribution in [0.15, 0.2) is 18.2 Å². The Balaban J connectivity index is 2.75. The predicted octanol–water partition coefficient (Wildman–Crippen LogP) is 1.45. The Labute approximate surface area is 120 Å². The van der Waals surface area contributed by atoms with Crippen molar-refractivity contribution in [3.63, 3.8) is 0 Å². The van der Waals surface area contributed by atoms with E-state index in [0.29, 0.717) is 23.6 Å². The van der Waals surface area contributed by atoms with E-state index in [9.17, 15) is 8.42 Å². The van der Waals surface area contributed by atoms with E-state index in [1.54, 1.807) is 18.2 Å². The molecule has 0 aromatic heterocycles. The van der Waals surface area contributed by atoms with Gasteiger partial charge in [0.1, 0.15) is 11.5 Å². The van der Waals surface area contributed by atoms with E-state index < -0.39 is 10.0 Å². The molecule has 0 spiro atoms. The summed E-state index contributed by atoms with van der Waals surface area (Å²) in [6, 6.07) is 4.98. The highest BCUT2D eigenvalue weighted by Crippen LogP contribution is 2.29. The molecular formula is C13H22N2O4S. The van der Waals surface area contributed by atoms with Crippen molar-refractivity contribution in [2.24, 2.45) is 0 Å². The number of unbranched alkanes of at least 4 members (excludes halogenated alkanes) is 1. The second-order valence-corrected chi connectivity index (χ2v) is 6.14. The largest absolute Gasteiger partial charge is 0.497 e. The maximum Gasteiger partial charge on any atom is 0.232 e. The van der Waals surface area contributed by atoms with Gasteiger partial charge in [-0.3, -0.25) is 4.72 Å². The van der Waals surface area contributed by atoms with Crippen LogP contribution in [0.25, 0.3) is 0 Å². The second kappa shape index (κ2) is 7.96. The monoisotopic (exact) mass is 302 g/mol. The first-order valence-corrected chi connectivity index (χ1v) is 8.04. The minimum atomic E-state index is -3.39. The van der Waals surface area contributed by atoms with Gasteiger partial charge in [-0.2, -0.15) is 0 Å². The minimum absolute atomic E-state index is 0.0784. The van der Waals surface area contributed by atoms with E-state index in [0.717, 1.165) is 13.0 Å². The fourth-order valence-electron chi connectivity index (χ4n) is 1.71. The van der Waals surface area contributed by atoms with Crippen molar-refractivity contribution in [1.82, 2.24) is 5.32 Å². The maximum atomic E-state index is 12.0. The topological polar surface area (TPSA) is 76.7 Å². The fraction of sp³-hybridized carbons (Fsp3) is 0.538. The number of benzene rings is 1. The summed E-state index contributed by atoms with van der Waals surface area (Å²) in [5.74, 6) is 1.11. The lowest BCUT2D eigenvalue weighted by atomic mass is 10.3. The van der Waals surface area contributed by atoms with Gasteiger partial charge in [-0.25, -0.2) is 8.42 Å². The molecule has 0 bridgehead atoms. The van der Waals surface area contributed by atoms with Crippen LogP contribution in [0.5, 0.6) is 11.5 Å². The molecule has 0 unspecified atom stereocenters. The number of rotatable bonds is 9. The Kier molecular flexibility index (Phi) is 6.60. The molecule has 0 atom stereocenters. The Bertz CT molecular complexity index is 517. The SMILES string of the molecule is CNCCCCS(=O)(=O)Nc1cc(OC)ccc1OC. The first kappa shape index (κ1) is 16.6. The molecule has 2 N–H and O–H groups in total. The third-order valence-electron chi connectivity index (χ3n) is 2.76. The van der Waals surface area contributed by atoms with Gasteiger partial charge < -0.3 is 14.8 Å². The summed E-state index contributed by atoms with van der Waals surface area (Å²) in [6.07, 6.45) is 1.41. The number of sulfonamides is 1. The second-order valence-electron chi connectivity index (χ2n) is 4.30. The highest BCUT2D eigenvalue weighted by molar-refractivity contribution is 7.92. The molecule has 0 heterocycles. The van der Waals surface area contributed by atoms with Gasteiger partial charge in [0.2, 0.25) is 10.0 Å². The number of methoxy groups -OCH3 is 2. The Hall–Kier alpha value is -1.47. The van der Waals surface area contributed by atoms with Gasteiger partial charge >= 0.3 is 0 Å². The zero-order valence-electron chi connectivity index (χ0n) is 12.1. The molecule has 0 amide bonds. The van der Waals surface area contributed by atoms with Crippen LogP contribution in [0.4, 0.5) is 5.69 Å². The summed E-state index contributed by atoms with van der Waals surface area (Å²) in [5, 5.41) is 2.99. The van der Waals surface area contributed by atoms with Crippen molar-refractivity contribution >= 4 is 15.7 Å². The Morgan fingerprint density at radius 2 is 1.90 bits per heavy atom. The molecule has 0 aliphatic rings. The van der Waals surface area contributed by atoms with Gasteiger partial charge in [-0.1, -0.05) is 0 Å². The third-order valence-corrected chi connectivity index (χ3v) is 4.12. The lowest BCUT2D eigenvalue weighted by Crippen LogP contribution is -2.18. The maximum absolute atomic E-state index is 12.0. The van der Waals surface area contributed by atoms with Crippen molar-refractivity contribution < 1.29 is 17.9 Å². The van der Waals surface area contributed by atoms with E-state index in [-0.39, 0.29) is 5.75 Å². The number of nitrogens with one attached hydrogen (secondary N) is 2. The lowest BCUT2D eigenvalue weighted by molar-refractivity contribution is 0.405. The van der Waals surface area contributed by atoms with Crippen molar-refractivity contribution in [1.29, 1.82) is 0 Å². The first-order chi connectivity index (χ1) is 9.52. The summed E-state index contributed by atoms with van der Waals surface area (Å²) in [6.45, 7) is 0.804. The molecule has 0 aliphatic carbocycles. The van der Waals surface area contributed by atoms with Gasteiger partial charge in [-0.05, 0) is 38.6 Å². The van der Waals surface area contributed by atoms with Gasteiger partial charge in [0.25, 0.3) is 0 Å². The van der Waals surface area contributed by atoms with Crippen LogP contribution in [0.2, 0.25) is 0 Å². The average Bonchev–Trinajstić information content (AvgIpc) is 2.43. The van der Waals surface area contributed by atoms with Crippen LogP contribution in [0, 0.1) is 0 Å². The summed E-state index contributed by atoms with van der Waals surface area (Å²) in [5.41, 5.74) is 0.389. The van der Waals surface area contributed by atoms with Crippen molar-refractivity contribution in [2.75, 3.05) is 38.3 Å². The molecule has 1 rings (SSSR count). The van der Waals surface area contributed by atoms with Gasteiger partial charge in [-0.15, -0.1) is 0 Å². The molecule has 6 nitrogen and oxygen atoms in total. The van der Waals surface area contributed by atoms with Crippen molar-refractivity contribution in [3.05, 3.63) is 18.2 Å². The number of hydrogen-bond donors (Lipinski definition) is 2. The molecule has 0 fully saturated rings. The van der Waals surface area contributed by atoms with Crippen LogP contribution in [0.1, 0.15) is 12.8 Å². The minimum Gasteiger partial charge on any atom is -0.497 e. The van der Waals surface area contributed by atoms with E-state index in [2.05, 4.69) is 10.0 Å². The summed E-state index contributed by atoms with van der Waals surface area (Å²) in [7, 11) is 1.47. The standard InChI is InChI=1S/C13H22N2O4S/c1-14-8-4-5-9-20(16,17)15-12-10-11(18-2)6-7-13(12)19-3/h6-7,10,14-15H,4-5,8-9H2,1-3H3. The normalized spacial score (nSPS) is 11.2. The van der Waals surface area contributed by atoms with Crippen LogP contribution in [-0.4, -0.2) is 42.0 Å². The summed E-state index contributed by atoms with van der Waals surface area (Å²) >= 11 is 0. The molecular weight excluding hydrogens is 280 g/mol. The van der Waals surface area contributed by atoms with Gasteiger partial charge in [0, 0.05) is 6.07 Å². The molecule has 1 aromatic rings. The average molecular weight is 302 g/mol. The van der Waals surface area contributed by atoms with Crippen LogP contribution in [0.3, 0.4) is 0 Å². The van der Waals surface area contributed by atoms with Crippen LogP contribution in [-0.2, 0) is 10.0 Å². The van der Waals surface area contributed by atoms with Crippen LogP contribution < -0.4 is 19.5 Å². The molecule has 0 saturated carbocycles. The molecule has 0 saturated heterocycles. The molecule has 114 valence electrons. The van der Waals surface area contributed by atoms with E-state index in [4.69, 9.17) is 9.47 Å². The Morgan fingerprint density at radius 3 is 2.50 bits per heavy atom. The zero-order chi connectivity index (χ0) is 15.0. The quantitative estimate of drug-likeness (QED) is 0.675. The molecule has 0 radical (unpaired) electrons. The third kappa shape index (κ3) is 5.26. The molecule has 7 heteroatoms. The lowest BCUT2D eigenvalue weighted by Gasteiger charge is -2.13. The smallest absolute Gasteiger partial charge is 0.232 e. The number of ether oxygens (including phenoxy) is 2.